The summed E-state index contributed by atoms with van der Waals surface area (Å²) in [4.78, 5) is 7.19. The van der Waals surface area contributed by atoms with Crippen LogP contribution in [0.2, 0.25) is 0 Å². The molecule has 0 radical (unpaired) electrons. The SMILES string of the molecule is N#Cc1cccc(-c2ccc(N(c3cc4cc(c3)N(c3ccccc3)c3cccc5sc6cccc(c6c35)N4c3ccccc3)c3ccc4oc5ccccc5c4c3)cc2)c1. The van der Waals surface area contributed by atoms with Gasteiger partial charge in [-0.05, 0) is 126 Å². The summed E-state index contributed by atoms with van der Waals surface area (Å²) in [5.41, 5.74) is 13.8. The van der Waals surface area contributed by atoms with Gasteiger partial charge >= 0.3 is 0 Å². The maximum atomic E-state index is 9.66. The van der Waals surface area contributed by atoms with Crippen LogP contribution >= 0.6 is 11.3 Å². The Kier molecular flexibility index (Phi) is 8.02. The molecular formula is C55H34N4OS. The van der Waals surface area contributed by atoms with Crippen LogP contribution in [0, 0.1) is 11.3 Å². The lowest BCUT2D eigenvalue weighted by Gasteiger charge is -2.32. The van der Waals surface area contributed by atoms with Crippen LogP contribution in [-0.2, 0) is 0 Å². The normalized spacial score (nSPS) is 12.2. The summed E-state index contributed by atoms with van der Waals surface area (Å²) >= 11 is 1.84. The van der Waals surface area contributed by atoms with Gasteiger partial charge in [-0.15, -0.1) is 11.3 Å². The van der Waals surface area contributed by atoms with Crippen molar-refractivity contribution in [2.75, 3.05) is 14.7 Å². The van der Waals surface area contributed by atoms with Crippen molar-refractivity contribution in [2.45, 2.75) is 0 Å². The Balaban J connectivity index is 1.16. The van der Waals surface area contributed by atoms with Gasteiger partial charge in [0.25, 0.3) is 0 Å². The Labute approximate surface area is 356 Å². The van der Waals surface area contributed by atoms with E-state index in [4.69, 9.17) is 4.42 Å². The van der Waals surface area contributed by atoms with E-state index in [1.807, 2.05) is 41.7 Å². The van der Waals surface area contributed by atoms with Gasteiger partial charge in [-0.2, -0.15) is 5.26 Å². The molecule has 12 rings (SSSR count). The van der Waals surface area contributed by atoms with E-state index in [-0.39, 0.29) is 0 Å². The number of hydrogen-bond donors (Lipinski definition) is 0. The molecule has 11 aromatic rings. The third-order valence-electron chi connectivity index (χ3n) is 11.7. The molecule has 0 fully saturated rings. The minimum atomic E-state index is 0.636. The number of hydrogen-bond acceptors (Lipinski definition) is 6. The molecule has 3 heterocycles. The van der Waals surface area contributed by atoms with Crippen molar-refractivity contribution in [3.05, 3.63) is 212 Å². The summed E-state index contributed by atoms with van der Waals surface area (Å²) in [5.74, 6) is 0. The second kappa shape index (κ2) is 14.0. The van der Waals surface area contributed by atoms with E-state index < -0.39 is 0 Å². The number of fused-ring (bicyclic) bond motifs is 5. The summed E-state index contributed by atoms with van der Waals surface area (Å²) < 4.78 is 8.83. The molecule has 0 saturated heterocycles. The number of nitrogens with zero attached hydrogens (tertiary/aromatic N) is 4. The minimum absolute atomic E-state index is 0.636. The van der Waals surface area contributed by atoms with Crippen molar-refractivity contribution in [3.63, 3.8) is 0 Å². The maximum absolute atomic E-state index is 9.66. The van der Waals surface area contributed by atoms with Crippen molar-refractivity contribution in [2.24, 2.45) is 0 Å². The lowest BCUT2D eigenvalue weighted by atomic mass is 10.0. The van der Waals surface area contributed by atoms with Crippen LogP contribution in [0.15, 0.2) is 211 Å². The molecule has 5 nitrogen and oxygen atoms in total. The topological polar surface area (TPSA) is 46.7 Å². The van der Waals surface area contributed by atoms with Crippen LogP contribution < -0.4 is 14.7 Å². The zero-order chi connectivity index (χ0) is 40.4. The zero-order valence-electron chi connectivity index (χ0n) is 32.7. The highest BCUT2D eigenvalue weighted by molar-refractivity contribution is 7.26. The summed E-state index contributed by atoms with van der Waals surface area (Å²) in [6.45, 7) is 0. The molecule has 0 N–H and O–H groups in total. The smallest absolute Gasteiger partial charge is 0.135 e. The number of para-hydroxylation sites is 3. The van der Waals surface area contributed by atoms with Crippen molar-refractivity contribution in [1.82, 2.24) is 0 Å². The molecule has 0 aliphatic carbocycles. The van der Waals surface area contributed by atoms with Crippen molar-refractivity contribution >= 4 is 105 Å². The highest BCUT2D eigenvalue weighted by Gasteiger charge is 2.28. The third-order valence-corrected chi connectivity index (χ3v) is 12.8. The van der Waals surface area contributed by atoms with E-state index in [2.05, 4.69) is 197 Å². The maximum Gasteiger partial charge on any atom is 0.135 e. The molecule has 0 amide bonds. The summed E-state index contributed by atoms with van der Waals surface area (Å²) in [5, 5.41) is 14.3. The molecule has 61 heavy (non-hydrogen) atoms. The molecule has 0 saturated carbocycles. The molecule has 0 unspecified atom stereocenters. The van der Waals surface area contributed by atoms with Crippen LogP contribution in [0.4, 0.5) is 51.2 Å². The van der Waals surface area contributed by atoms with Crippen molar-refractivity contribution in [1.29, 1.82) is 5.26 Å². The molecule has 0 spiro atoms. The fourth-order valence-corrected chi connectivity index (χ4v) is 10.2. The first kappa shape index (κ1) is 34.9. The monoisotopic (exact) mass is 798 g/mol. The second-order valence-electron chi connectivity index (χ2n) is 15.3. The minimum Gasteiger partial charge on any atom is -0.456 e. The van der Waals surface area contributed by atoms with Crippen LogP contribution in [0.25, 0.3) is 53.2 Å². The molecule has 286 valence electrons. The van der Waals surface area contributed by atoms with E-state index in [0.717, 1.165) is 84.3 Å². The Bertz CT molecular complexity index is 3390. The predicted octanol–water partition coefficient (Wildman–Crippen LogP) is 16.2. The number of furan rings is 1. The fourth-order valence-electron chi connectivity index (χ4n) is 9.05. The Morgan fingerprint density at radius 1 is 0.426 bits per heavy atom. The van der Waals surface area contributed by atoms with E-state index in [1.165, 1.54) is 20.2 Å². The first-order valence-electron chi connectivity index (χ1n) is 20.3. The van der Waals surface area contributed by atoms with Crippen LogP contribution in [0.5, 0.6) is 0 Å². The molecular weight excluding hydrogens is 765 g/mol. The van der Waals surface area contributed by atoms with E-state index in [9.17, 15) is 5.26 Å². The fraction of sp³-hybridized carbons (Fsp3) is 0. The number of benzene rings is 9. The molecule has 9 aromatic carbocycles. The molecule has 1 aliphatic heterocycles. The Morgan fingerprint density at radius 2 is 1.02 bits per heavy atom. The Morgan fingerprint density at radius 3 is 1.67 bits per heavy atom. The average Bonchev–Trinajstić information content (AvgIpc) is 3.90. The van der Waals surface area contributed by atoms with Gasteiger partial charge in [0.1, 0.15) is 11.2 Å². The summed E-state index contributed by atoms with van der Waals surface area (Å²) in [6.07, 6.45) is 0. The van der Waals surface area contributed by atoms with Gasteiger partial charge in [-0.1, -0.05) is 91.0 Å². The van der Waals surface area contributed by atoms with Gasteiger partial charge < -0.3 is 19.1 Å². The zero-order valence-corrected chi connectivity index (χ0v) is 33.6. The number of nitriles is 1. The highest BCUT2D eigenvalue weighted by atomic mass is 32.1. The van der Waals surface area contributed by atoms with Crippen LogP contribution in [0.3, 0.4) is 0 Å². The lowest BCUT2D eigenvalue weighted by molar-refractivity contribution is 0.669. The third kappa shape index (κ3) is 5.75. The average molecular weight is 799 g/mol. The number of anilines is 9. The summed E-state index contributed by atoms with van der Waals surface area (Å²) in [6, 6.07) is 75.2. The van der Waals surface area contributed by atoms with Gasteiger partial charge in [-0.3, -0.25) is 0 Å². The highest BCUT2D eigenvalue weighted by Crippen LogP contribution is 2.53. The standard InChI is InChI=1S/C55H34N4OS/c56-35-36-12-9-13-38(30-36)37-24-26-41(27-25-37)57(42-28-29-51-47(34-42)46-18-7-8-21-50(46)60-51)43-31-44-33-45(32-43)59(40-16-5-2-6-17-40)49-20-11-23-53-55(49)54-48(19-10-22-52(54)61-53)58(44)39-14-3-1-4-15-39/h1-34H. The van der Waals surface area contributed by atoms with Gasteiger partial charge in [0.2, 0.25) is 0 Å². The number of rotatable bonds is 6. The Hall–Kier alpha value is -8.11. The molecule has 2 aromatic heterocycles. The molecule has 0 atom stereocenters. The van der Waals surface area contributed by atoms with E-state index in [1.54, 1.807) is 0 Å². The molecule has 6 heteroatoms. The van der Waals surface area contributed by atoms with Gasteiger partial charge in [0.05, 0.1) is 40.1 Å². The van der Waals surface area contributed by atoms with E-state index in [0.29, 0.717) is 5.56 Å². The van der Waals surface area contributed by atoms with Crippen LogP contribution in [0.1, 0.15) is 5.56 Å². The predicted molar refractivity (Wildman–Crippen MR) is 254 cm³/mol. The second-order valence-corrected chi connectivity index (χ2v) is 16.4. The van der Waals surface area contributed by atoms with Crippen molar-refractivity contribution < 1.29 is 4.42 Å². The first-order chi connectivity index (χ1) is 30.2. The van der Waals surface area contributed by atoms with E-state index >= 15 is 0 Å². The molecule has 1 aliphatic rings. The lowest BCUT2D eigenvalue weighted by Crippen LogP contribution is -2.15. The van der Waals surface area contributed by atoms with Gasteiger partial charge in [-0.25, -0.2) is 0 Å². The van der Waals surface area contributed by atoms with Gasteiger partial charge in [0, 0.05) is 53.7 Å². The summed E-state index contributed by atoms with van der Waals surface area (Å²) in [7, 11) is 0. The van der Waals surface area contributed by atoms with Crippen molar-refractivity contribution in [3.8, 4) is 17.2 Å². The van der Waals surface area contributed by atoms with Gasteiger partial charge in [0.15, 0.2) is 0 Å². The largest absolute Gasteiger partial charge is 0.456 e. The number of thiophene rings is 1. The molecule has 2 bridgehead atoms. The van der Waals surface area contributed by atoms with Crippen LogP contribution in [-0.4, -0.2) is 0 Å². The first-order valence-corrected chi connectivity index (χ1v) is 21.1. The quantitative estimate of drug-likeness (QED) is 0.168.